The Morgan fingerprint density at radius 3 is 2.82 bits per heavy atom. The Morgan fingerprint density at radius 2 is 2.12 bits per heavy atom. The molecule has 1 aliphatic rings. The van der Waals surface area contributed by atoms with Crippen molar-refractivity contribution in [3.63, 3.8) is 0 Å². The highest BCUT2D eigenvalue weighted by molar-refractivity contribution is 5.99. The van der Waals surface area contributed by atoms with E-state index < -0.39 is 12.6 Å². The highest BCUT2D eigenvalue weighted by Gasteiger charge is 2.22. The second kappa shape index (κ2) is 4.45. The van der Waals surface area contributed by atoms with Gasteiger partial charge in [0, 0.05) is 23.6 Å². The molecule has 0 unspecified atom stereocenters. The first-order chi connectivity index (χ1) is 8.08. The topological polar surface area (TPSA) is 83.8 Å². The van der Waals surface area contributed by atoms with Crippen molar-refractivity contribution < 1.29 is 24.5 Å². The summed E-state index contributed by atoms with van der Waals surface area (Å²) in [6, 6.07) is 2.75. The van der Waals surface area contributed by atoms with Crippen LogP contribution in [0.2, 0.25) is 0 Å². The van der Waals surface area contributed by atoms with Gasteiger partial charge in [-0.3, -0.25) is 4.79 Å². The Labute approximate surface area is 97.6 Å². The lowest BCUT2D eigenvalue weighted by atomic mass is 9.90. The summed E-state index contributed by atoms with van der Waals surface area (Å²) in [6.07, 6.45) is 1.84. The van der Waals surface area contributed by atoms with Crippen LogP contribution in [-0.2, 0) is 11.2 Å². The molecule has 2 rings (SSSR count). The maximum atomic E-state index is 11.6. The van der Waals surface area contributed by atoms with Crippen LogP contribution < -0.4 is 4.74 Å². The molecule has 0 aliphatic heterocycles. The standard InChI is InChI=1S/C12H12O5/c13-7-4-9-8(2-1-3-10(9)14)11(5-7)17-6-12(15)16/h4-5,13H,1-3,6H2,(H,15,16). The van der Waals surface area contributed by atoms with E-state index >= 15 is 0 Å². The number of Topliss-reactive ketones (excluding diaryl/α,β-unsaturated/α-hetero) is 1. The molecular weight excluding hydrogens is 224 g/mol. The molecule has 17 heavy (non-hydrogen) atoms. The second-order valence-corrected chi connectivity index (χ2v) is 3.93. The SMILES string of the molecule is O=C(O)COc1cc(O)cc2c1CCCC2=O. The van der Waals surface area contributed by atoms with Gasteiger partial charge in [-0.25, -0.2) is 4.79 Å². The summed E-state index contributed by atoms with van der Waals surface area (Å²) in [5.74, 6) is -0.929. The van der Waals surface area contributed by atoms with E-state index in [4.69, 9.17) is 9.84 Å². The first-order valence-electron chi connectivity index (χ1n) is 5.31. The number of aromatic hydroxyl groups is 1. The molecule has 5 nitrogen and oxygen atoms in total. The number of ketones is 1. The average Bonchev–Trinajstić information content (AvgIpc) is 2.27. The van der Waals surface area contributed by atoms with Crippen molar-refractivity contribution in [2.75, 3.05) is 6.61 Å². The van der Waals surface area contributed by atoms with Gasteiger partial charge in [0.25, 0.3) is 0 Å². The Hall–Kier alpha value is -2.04. The number of carboxylic acids is 1. The van der Waals surface area contributed by atoms with Crippen LogP contribution in [0.4, 0.5) is 0 Å². The fourth-order valence-corrected chi connectivity index (χ4v) is 1.97. The number of ether oxygens (including phenoxy) is 1. The van der Waals surface area contributed by atoms with Gasteiger partial charge in [0.15, 0.2) is 12.4 Å². The van der Waals surface area contributed by atoms with Crippen LogP contribution in [0.1, 0.15) is 28.8 Å². The molecule has 0 heterocycles. The van der Waals surface area contributed by atoms with Gasteiger partial charge < -0.3 is 14.9 Å². The van der Waals surface area contributed by atoms with E-state index in [1.807, 2.05) is 0 Å². The highest BCUT2D eigenvalue weighted by Crippen LogP contribution is 2.33. The number of carbonyl (C=O) groups excluding carboxylic acids is 1. The van der Waals surface area contributed by atoms with Gasteiger partial charge >= 0.3 is 5.97 Å². The van der Waals surface area contributed by atoms with E-state index in [0.717, 1.165) is 6.42 Å². The number of hydrogen-bond donors (Lipinski definition) is 2. The van der Waals surface area contributed by atoms with Gasteiger partial charge in [-0.2, -0.15) is 0 Å². The third-order valence-corrected chi connectivity index (χ3v) is 2.68. The molecule has 0 atom stereocenters. The quantitative estimate of drug-likeness (QED) is 0.828. The van der Waals surface area contributed by atoms with Crippen molar-refractivity contribution in [3.05, 3.63) is 23.3 Å². The van der Waals surface area contributed by atoms with Crippen LogP contribution in [0.15, 0.2) is 12.1 Å². The number of carboxylic acid groups (broad SMARTS) is 1. The predicted octanol–water partition coefficient (Wildman–Crippen LogP) is 1.37. The van der Waals surface area contributed by atoms with Crippen molar-refractivity contribution >= 4 is 11.8 Å². The minimum Gasteiger partial charge on any atom is -0.508 e. The van der Waals surface area contributed by atoms with Gasteiger partial charge in [-0.05, 0) is 18.9 Å². The summed E-state index contributed by atoms with van der Waals surface area (Å²) in [5.41, 5.74) is 1.14. The van der Waals surface area contributed by atoms with Crippen LogP contribution in [0.3, 0.4) is 0 Å². The van der Waals surface area contributed by atoms with E-state index in [9.17, 15) is 14.7 Å². The number of aliphatic carboxylic acids is 1. The number of phenolic OH excluding ortho intramolecular Hbond substituents is 1. The number of benzene rings is 1. The Kier molecular flexibility index (Phi) is 2.99. The zero-order chi connectivity index (χ0) is 12.4. The monoisotopic (exact) mass is 236 g/mol. The van der Waals surface area contributed by atoms with Crippen LogP contribution in [0.25, 0.3) is 0 Å². The van der Waals surface area contributed by atoms with E-state index in [2.05, 4.69) is 0 Å². The van der Waals surface area contributed by atoms with E-state index in [-0.39, 0.29) is 17.3 Å². The smallest absolute Gasteiger partial charge is 0.341 e. The summed E-state index contributed by atoms with van der Waals surface area (Å²) in [6.45, 7) is -0.482. The molecule has 1 aliphatic carbocycles. The Balaban J connectivity index is 2.37. The van der Waals surface area contributed by atoms with Gasteiger partial charge in [0.1, 0.15) is 11.5 Å². The normalized spacial score (nSPS) is 14.2. The van der Waals surface area contributed by atoms with Gasteiger partial charge in [-0.1, -0.05) is 0 Å². The highest BCUT2D eigenvalue weighted by atomic mass is 16.5. The Bertz CT molecular complexity index is 478. The number of rotatable bonds is 3. The van der Waals surface area contributed by atoms with Crippen molar-refractivity contribution in [2.45, 2.75) is 19.3 Å². The average molecular weight is 236 g/mol. The van der Waals surface area contributed by atoms with Crippen molar-refractivity contribution in [2.24, 2.45) is 0 Å². The third kappa shape index (κ3) is 2.38. The number of fused-ring (bicyclic) bond motifs is 1. The predicted molar refractivity (Wildman–Crippen MR) is 58.5 cm³/mol. The zero-order valence-corrected chi connectivity index (χ0v) is 9.10. The number of phenols is 1. The molecule has 0 aromatic heterocycles. The van der Waals surface area contributed by atoms with Gasteiger partial charge in [-0.15, -0.1) is 0 Å². The van der Waals surface area contributed by atoms with E-state index in [1.54, 1.807) is 0 Å². The van der Waals surface area contributed by atoms with Gasteiger partial charge in [0.05, 0.1) is 0 Å². The minimum atomic E-state index is -1.09. The molecule has 1 aromatic rings. The summed E-state index contributed by atoms with van der Waals surface area (Å²) in [4.78, 5) is 22.1. The van der Waals surface area contributed by atoms with Crippen molar-refractivity contribution in [1.29, 1.82) is 0 Å². The molecule has 5 heteroatoms. The lowest BCUT2D eigenvalue weighted by Gasteiger charge is -2.18. The third-order valence-electron chi connectivity index (χ3n) is 2.68. The first-order valence-corrected chi connectivity index (χ1v) is 5.31. The molecule has 0 fully saturated rings. The molecule has 0 saturated carbocycles. The summed E-state index contributed by atoms with van der Waals surface area (Å²) in [7, 11) is 0. The molecule has 0 saturated heterocycles. The van der Waals surface area contributed by atoms with Crippen LogP contribution in [-0.4, -0.2) is 28.6 Å². The lowest BCUT2D eigenvalue weighted by Crippen LogP contribution is -2.15. The van der Waals surface area contributed by atoms with Gasteiger partial charge in [0.2, 0.25) is 0 Å². The van der Waals surface area contributed by atoms with Crippen LogP contribution in [0.5, 0.6) is 11.5 Å². The summed E-state index contributed by atoms with van der Waals surface area (Å²) < 4.78 is 5.08. The molecule has 90 valence electrons. The van der Waals surface area contributed by atoms with E-state index in [1.165, 1.54) is 12.1 Å². The summed E-state index contributed by atoms with van der Waals surface area (Å²) >= 11 is 0. The van der Waals surface area contributed by atoms with Crippen LogP contribution in [0, 0.1) is 0 Å². The number of hydrogen-bond acceptors (Lipinski definition) is 4. The lowest BCUT2D eigenvalue weighted by molar-refractivity contribution is -0.139. The molecule has 0 amide bonds. The largest absolute Gasteiger partial charge is 0.508 e. The van der Waals surface area contributed by atoms with Crippen molar-refractivity contribution in [1.82, 2.24) is 0 Å². The molecule has 0 bridgehead atoms. The minimum absolute atomic E-state index is 0.0395. The maximum Gasteiger partial charge on any atom is 0.341 e. The molecular formula is C12H12O5. The fourth-order valence-electron chi connectivity index (χ4n) is 1.97. The molecule has 0 radical (unpaired) electrons. The summed E-state index contributed by atoms with van der Waals surface area (Å²) in [5, 5.41) is 18.0. The van der Waals surface area contributed by atoms with E-state index in [0.29, 0.717) is 24.0 Å². The first kappa shape index (κ1) is 11.4. The molecule has 0 spiro atoms. The van der Waals surface area contributed by atoms with Crippen molar-refractivity contribution in [3.8, 4) is 11.5 Å². The molecule has 1 aromatic carbocycles. The molecule has 2 N–H and O–H groups in total. The maximum absolute atomic E-state index is 11.6. The van der Waals surface area contributed by atoms with Crippen LogP contribution >= 0.6 is 0 Å². The zero-order valence-electron chi connectivity index (χ0n) is 9.10. The number of carbonyl (C=O) groups is 2. The Morgan fingerprint density at radius 1 is 1.35 bits per heavy atom. The second-order valence-electron chi connectivity index (χ2n) is 3.93. The fraction of sp³-hybridized carbons (Fsp3) is 0.333.